The van der Waals surface area contributed by atoms with Crippen LogP contribution >= 0.6 is 0 Å². The van der Waals surface area contributed by atoms with E-state index in [2.05, 4.69) is 0 Å². The Balaban J connectivity index is 1.70. The van der Waals surface area contributed by atoms with Crippen molar-refractivity contribution in [2.45, 2.75) is 31.5 Å². The van der Waals surface area contributed by atoms with Crippen molar-refractivity contribution < 1.29 is 14.3 Å². The van der Waals surface area contributed by atoms with E-state index in [-0.39, 0.29) is 18.0 Å². The van der Waals surface area contributed by atoms with Crippen molar-refractivity contribution in [3.63, 3.8) is 0 Å². The van der Waals surface area contributed by atoms with Gasteiger partial charge in [0, 0.05) is 20.1 Å². The van der Waals surface area contributed by atoms with Crippen molar-refractivity contribution in [3.05, 3.63) is 0 Å². The van der Waals surface area contributed by atoms with Crippen LogP contribution < -0.4 is 0 Å². The second-order valence-electron chi connectivity index (χ2n) is 3.64. The van der Waals surface area contributed by atoms with Gasteiger partial charge < -0.3 is 9.47 Å². The predicted molar refractivity (Wildman–Crippen MR) is 42.9 cm³/mol. The normalized spacial score (nSPS) is 34.9. The lowest BCUT2D eigenvalue weighted by Gasteiger charge is -2.33. The first-order valence-electron chi connectivity index (χ1n) is 4.48. The number of rotatable bonds is 4. The fourth-order valence-electron chi connectivity index (χ4n) is 1.44. The molecule has 0 spiro atoms. The van der Waals surface area contributed by atoms with Gasteiger partial charge in [0.15, 0.2) is 5.78 Å². The molecule has 2 aliphatic carbocycles. The Morgan fingerprint density at radius 2 is 2.25 bits per heavy atom. The SMILES string of the molecule is COC1C(=O)CC1OCC1CC1. The molecule has 2 aliphatic rings. The van der Waals surface area contributed by atoms with Crippen molar-refractivity contribution in [1.29, 1.82) is 0 Å². The lowest BCUT2D eigenvalue weighted by atomic mass is 9.90. The predicted octanol–water partition coefficient (Wildman–Crippen LogP) is 0.769. The Hall–Kier alpha value is -0.410. The third-order valence-corrected chi connectivity index (χ3v) is 2.55. The summed E-state index contributed by atoms with van der Waals surface area (Å²) in [6, 6.07) is 0. The first-order chi connectivity index (χ1) is 5.81. The summed E-state index contributed by atoms with van der Waals surface area (Å²) in [4.78, 5) is 10.9. The van der Waals surface area contributed by atoms with Crippen LogP contribution in [0.1, 0.15) is 19.3 Å². The van der Waals surface area contributed by atoms with Gasteiger partial charge >= 0.3 is 0 Å². The first-order valence-corrected chi connectivity index (χ1v) is 4.48. The lowest BCUT2D eigenvalue weighted by molar-refractivity contribution is -0.161. The topological polar surface area (TPSA) is 35.5 Å². The van der Waals surface area contributed by atoms with E-state index in [1.54, 1.807) is 7.11 Å². The maximum absolute atomic E-state index is 10.9. The molecule has 2 saturated carbocycles. The van der Waals surface area contributed by atoms with Crippen LogP contribution in [-0.2, 0) is 14.3 Å². The molecule has 0 radical (unpaired) electrons. The van der Waals surface area contributed by atoms with Gasteiger partial charge in [-0.1, -0.05) is 0 Å². The second kappa shape index (κ2) is 3.15. The van der Waals surface area contributed by atoms with Gasteiger partial charge in [-0.05, 0) is 18.8 Å². The third-order valence-electron chi connectivity index (χ3n) is 2.55. The Labute approximate surface area is 72.0 Å². The number of carbonyl (C=O) groups is 1. The molecule has 0 heterocycles. The van der Waals surface area contributed by atoms with E-state index >= 15 is 0 Å². The number of Topliss-reactive ketones (excluding diaryl/α,β-unsaturated/α-hetero) is 1. The summed E-state index contributed by atoms with van der Waals surface area (Å²) in [5, 5.41) is 0. The van der Waals surface area contributed by atoms with Crippen LogP contribution in [0.3, 0.4) is 0 Å². The van der Waals surface area contributed by atoms with Crippen molar-refractivity contribution in [3.8, 4) is 0 Å². The smallest absolute Gasteiger partial charge is 0.166 e. The molecule has 0 aliphatic heterocycles. The molecule has 2 atom stereocenters. The molecule has 3 nitrogen and oxygen atoms in total. The van der Waals surface area contributed by atoms with Gasteiger partial charge in [0.1, 0.15) is 6.10 Å². The summed E-state index contributed by atoms with van der Waals surface area (Å²) >= 11 is 0. The minimum Gasteiger partial charge on any atom is -0.374 e. The largest absolute Gasteiger partial charge is 0.374 e. The zero-order valence-electron chi connectivity index (χ0n) is 7.29. The van der Waals surface area contributed by atoms with E-state index in [4.69, 9.17) is 9.47 Å². The van der Waals surface area contributed by atoms with Gasteiger partial charge in [-0.2, -0.15) is 0 Å². The molecular formula is C9H14O3. The number of ether oxygens (including phenoxy) is 2. The van der Waals surface area contributed by atoms with E-state index in [9.17, 15) is 4.79 Å². The maximum Gasteiger partial charge on any atom is 0.166 e. The highest BCUT2D eigenvalue weighted by Gasteiger charge is 2.41. The van der Waals surface area contributed by atoms with Crippen molar-refractivity contribution >= 4 is 5.78 Å². The Morgan fingerprint density at radius 3 is 2.75 bits per heavy atom. The minimum absolute atomic E-state index is 0.0445. The van der Waals surface area contributed by atoms with Gasteiger partial charge in [0.25, 0.3) is 0 Å². The summed E-state index contributed by atoms with van der Waals surface area (Å²) in [5.41, 5.74) is 0. The molecule has 68 valence electrons. The number of hydrogen-bond acceptors (Lipinski definition) is 3. The average Bonchev–Trinajstić information content (AvgIpc) is 2.81. The molecule has 0 bridgehead atoms. The molecule has 0 aromatic heterocycles. The number of ketones is 1. The Kier molecular flexibility index (Phi) is 2.15. The fraction of sp³-hybridized carbons (Fsp3) is 0.889. The third kappa shape index (κ3) is 1.52. The van der Waals surface area contributed by atoms with Crippen LogP contribution in [0.4, 0.5) is 0 Å². The van der Waals surface area contributed by atoms with E-state index in [1.807, 2.05) is 0 Å². The molecule has 3 heteroatoms. The molecular weight excluding hydrogens is 156 g/mol. The van der Waals surface area contributed by atoms with E-state index in [1.165, 1.54) is 12.8 Å². The van der Waals surface area contributed by atoms with Crippen molar-refractivity contribution in [1.82, 2.24) is 0 Å². The van der Waals surface area contributed by atoms with Crippen molar-refractivity contribution in [2.75, 3.05) is 13.7 Å². The zero-order valence-corrected chi connectivity index (χ0v) is 7.29. The fourth-order valence-corrected chi connectivity index (χ4v) is 1.44. The summed E-state index contributed by atoms with van der Waals surface area (Å²) < 4.78 is 10.5. The Bertz CT molecular complexity index is 186. The van der Waals surface area contributed by atoms with E-state index in [0.717, 1.165) is 12.5 Å². The molecule has 0 amide bonds. The van der Waals surface area contributed by atoms with Gasteiger partial charge in [-0.15, -0.1) is 0 Å². The van der Waals surface area contributed by atoms with Gasteiger partial charge in [0.2, 0.25) is 0 Å². The maximum atomic E-state index is 10.9. The molecule has 0 aromatic carbocycles. The van der Waals surface area contributed by atoms with Crippen LogP contribution in [0.2, 0.25) is 0 Å². The number of methoxy groups -OCH3 is 1. The standard InChI is InChI=1S/C9H14O3/c1-11-9-7(10)4-8(9)12-5-6-2-3-6/h6,8-9H,2-5H2,1H3. The van der Waals surface area contributed by atoms with Crippen LogP contribution in [0.15, 0.2) is 0 Å². The molecule has 2 unspecified atom stereocenters. The lowest BCUT2D eigenvalue weighted by Crippen LogP contribution is -2.50. The zero-order chi connectivity index (χ0) is 8.55. The highest BCUT2D eigenvalue weighted by atomic mass is 16.5. The Morgan fingerprint density at radius 1 is 1.50 bits per heavy atom. The first kappa shape index (κ1) is 8.20. The van der Waals surface area contributed by atoms with Crippen molar-refractivity contribution in [2.24, 2.45) is 5.92 Å². The molecule has 2 fully saturated rings. The van der Waals surface area contributed by atoms with Gasteiger partial charge in [-0.3, -0.25) is 4.79 Å². The second-order valence-corrected chi connectivity index (χ2v) is 3.64. The van der Waals surface area contributed by atoms with E-state index < -0.39 is 0 Å². The number of carbonyl (C=O) groups excluding carboxylic acids is 1. The van der Waals surface area contributed by atoms with Crippen LogP contribution in [0, 0.1) is 5.92 Å². The quantitative estimate of drug-likeness (QED) is 0.625. The van der Waals surface area contributed by atoms with Gasteiger partial charge in [-0.25, -0.2) is 0 Å². The highest BCUT2D eigenvalue weighted by Crippen LogP contribution is 2.31. The minimum atomic E-state index is -0.274. The summed E-state index contributed by atoms with van der Waals surface area (Å²) in [6.07, 6.45) is 2.90. The molecule has 2 rings (SSSR count). The molecule has 0 aromatic rings. The molecule has 0 saturated heterocycles. The van der Waals surface area contributed by atoms with Crippen LogP contribution in [-0.4, -0.2) is 31.7 Å². The number of hydrogen-bond donors (Lipinski definition) is 0. The molecule has 12 heavy (non-hydrogen) atoms. The van der Waals surface area contributed by atoms with Crippen LogP contribution in [0.5, 0.6) is 0 Å². The summed E-state index contributed by atoms with van der Waals surface area (Å²) in [7, 11) is 1.56. The average molecular weight is 170 g/mol. The highest BCUT2D eigenvalue weighted by molar-refractivity contribution is 5.90. The summed E-state index contributed by atoms with van der Waals surface area (Å²) in [6.45, 7) is 0.817. The monoisotopic (exact) mass is 170 g/mol. The van der Waals surface area contributed by atoms with Gasteiger partial charge in [0.05, 0.1) is 6.10 Å². The van der Waals surface area contributed by atoms with Crippen LogP contribution in [0.25, 0.3) is 0 Å². The summed E-state index contributed by atoms with van der Waals surface area (Å²) in [5.74, 6) is 0.941. The van der Waals surface area contributed by atoms with E-state index in [0.29, 0.717) is 6.42 Å². The molecule has 0 N–H and O–H groups in total.